The zero-order chi connectivity index (χ0) is 24.8. The predicted octanol–water partition coefficient (Wildman–Crippen LogP) is 4.37. The SMILES string of the molecule is CC(C)CNC(=O)CN[C@H]1CC[C@@H](CNC(=O)c2cc(C(F)(F)F)cc(C(F)(F)F)c2)CC1. The minimum Gasteiger partial charge on any atom is -0.355 e. The van der Waals surface area contributed by atoms with Crippen molar-refractivity contribution in [1.82, 2.24) is 16.0 Å². The maximum absolute atomic E-state index is 13.0. The Morgan fingerprint density at radius 3 is 1.94 bits per heavy atom. The molecule has 2 amide bonds. The summed E-state index contributed by atoms with van der Waals surface area (Å²) in [6, 6.07) is 0.985. The van der Waals surface area contributed by atoms with Crippen LogP contribution < -0.4 is 16.0 Å². The number of benzene rings is 1. The zero-order valence-electron chi connectivity index (χ0n) is 18.5. The second-order valence-corrected chi connectivity index (χ2v) is 8.80. The van der Waals surface area contributed by atoms with Crippen molar-refractivity contribution < 1.29 is 35.9 Å². The molecule has 11 heteroatoms. The topological polar surface area (TPSA) is 70.2 Å². The van der Waals surface area contributed by atoms with Gasteiger partial charge in [0.1, 0.15) is 0 Å². The van der Waals surface area contributed by atoms with Gasteiger partial charge in [-0.3, -0.25) is 9.59 Å². The van der Waals surface area contributed by atoms with Crippen molar-refractivity contribution in [2.75, 3.05) is 19.6 Å². The molecule has 186 valence electrons. The summed E-state index contributed by atoms with van der Waals surface area (Å²) in [5, 5.41) is 8.46. The van der Waals surface area contributed by atoms with E-state index in [1.54, 1.807) is 0 Å². The highest BCUT2D eigenvalue weighted by Gasteiger charge is 2.37. The summed E-state index contributed by atoms with van der Waals surface area (Å²) in [6.07, 6.45) is -7.09. The molecule has 0 unspecified atom stereocenters. The lowest BCUT2D eigenvalue weighted by atomic mass is 9.86. The lowest BCUT2D eigenvalue weighted by Gasteiger charge is -2.29. The third-order valence-electron chi connectivity index (χ3n) is 5.51. The Balaban J connectivity index is 1.85. The Labute approximate surface area is 188 Å². The van der Waals surface area contributed by atoms with Crippen LogP contribution in [0.1, 0.15) is 61.0 Å². The van der Waals surface area contributed by atoms with Crippen LogP contribution in [0.25, 0.3) is 0 Å². The lowest BCUT2D eigenvalue weighted by Crippen LogP contribution is -2.42. The Morgan fingerprint density at radius 2 is 1.45 bits per heavy atom. The summed E-state index contributed by atoms with van der Waals surface area (Å²) in [4.78, 5) is 24.1. The maximum atomic E-state index is 13.0. The van der Waals surface area contributed by atoms with Crippen LogP contribution in [0.15, 0.2) is 18.2 Å². The van der Waals surface area contributed by atoms with Crippen LogP contribution in [0.2, 0.25) is 0 Å². The van der Waals surface area contributed by atoms with Crippen LogP contribution in [-0.4, -0.2) is 37.5 Å². The van der Waals surface area contributed by atoms with E-state index in [9.17, 15) is 35.9 Å². The molecule has 1 saturated carbocycles. The van der Waals surface area contributed by atoms with E-state index in [-0.39, 0.29) is 37.0 Å². The average Bonchev–Trinajstić information content (AvgIpc) is 2.73. The first kappa shape index (κ1) is 26.9. The summed E-state index contributed by atoms with van der Waals surface area (Å²) in [5.41, 5.74) is -3.72. The van der Waals surface area contributed by atoms with Gasteiger partial charge in [-0.2, -0.15) is 26.3 Å². The number of alkyl halides is 6. The Hall–Kier alpha value is -2.30. The van der Waals surface area contributed by atoms with Gasteiger partial charge < -0.3 is 16.0 Å². The number of halogens is 6. The van der Waals surface area contributed by atoms with Gasteiger partial charge in [0.2, 0.25) is 5.91 Å². The number of amides is 2. The number of nitrogens with one attached hydrogen (secondary N) is 3. The molecule has 0 heterocycles. The van der Waals surface area contributed by atoms with E-state index in [0.29, 0.717) is 37.4 Å². The molecule has 2 rings (SSSR count). The van der Waals surface area contributed by atoms with Crippen LogP contribution in [0.5, 0.6) is 0 Å². The molecule has 0 saturated heterocycles. The van der Waals surface area contributed by atoms with E-state index in [1.165, 1.54) is 0 Å². The molecule has 33 heavy (non-hydrogen) atoms. The van der Waals surface area contributed by atoms with Crippen molar-refractivity contribution >= 4 is 11.8 Å². The summed E-state index contributed by atoms with van der Waals surface area (Å²) in [6.45, 7) is 4.95. The molecular weight excluding hydrogens is 452 g/mol. The summed E-state index contributed by atoms with van der Waals surface area (Å²) >= 11 is 0. The summed E-state index contributed by atoms with van der Waals surface area (Å²) < 4.78 is 77.8. The molecule has 1 aliphatic carbocycles. The number of carbonyl (C=O) groups is 2. The molecule has 1 aromatic carbocycles. The normalized spacial score (nSPS) is 19.4. The molecular formula is C22H29F6N3O2. The third-order valence-corrected chi connectivity index (χ3v) is 5.51. The molecule has 1 fully saturated rings. The standard InChI is InChI=1S/C22H29F6N3O2/c1-13(2)10-30-19(32)12-29-18-5-3-14(4-6-18)11-31-20(33)15-7-16(21(23,24)25)9-17(8-15)22(26,27)28/h7-9,13-14,18,29H,3-6,10-12H2,1-2H3,(H,30,32)(H,31,33)/t14-,18+. The number of rotatable bonds is 8. The van der Waals surface area contributed by atoms with Crippen LogP contribution in [0.3, 0.4) is 0 Å². The highest BCUT2D eigenvalue weighted by molar-refractivity contribution is 5.94. The molecule has 0 radical (unpaired) electrons. The van der Waals surface area contributed by atoms with Crippen molar-refractivity contribution in [1.29, 1.82) is 0 Å². The van der Waals surface area contributed by atoms with E-state index in [2.05, 4.69) is 16.0 Å². The molecule has 0 spiro atoms. The fourth-order valence-electron chi connectivity index (χ4n) is 3.61. The van der Waals surface area contributed by atoms with Gasteiger partial charge in [-0.15, -0.1) is 0 Å². The van der Waals surface area contributed by atoms with E-state index < -0.39 is 35.0 Å². The van der Waals surface area contributed by atoms with E-state index in [1.807, 2.05) is 13.8 Å². The van der Waals surface area contributed by atoms with E-state index >= 15 is 0 Å². The van der Waals surface area contributed by atoms with Crippen molar-refractivity contribution in [3.8, 4) is 0 Å². The number of hydrogen-bond acceptors (Lipinski definition) is 3. The van der Waals surface area contributed by atoms with Gasteiger partial charge in [0.15, 0.2) is 0 Å². The van der Waals surface area contributed by atoms with Crippen LogP contribution in [0.4, 0.5) is 26.3 Å². The first-order valence-electron chi connectivity index (χ1n) is 10.8. The second kappa shape index (κ2) is 11.2. The molecule has 1 aliphatic rings. The minimum atomic E-state index is -5.01. The minimum absolute atomic E-state index is 0.00580. The fourth-order valence-corrected chi connectivity index (χ4v) is 3.61. The summed E-state index contributed by atoms with van der Waals surface area (Å²) in [7, 11) is 0. The van der Waals surface area contributed by atoms with Gasteiger partial charge >= 0.3 is 12.4 Å². The van der Waals surface area contributed by atoms with E-state index in [4.69, 9.17) is 0 Å². The van der Waals surface area contributed by atoms with Gasteiger partial charge in [0.25, 0.3) is 5.91 Å². The zero-order valence-corrected chi connectivity index (χ0v) is 18.5. The average molecular weight is 481 g/mol. The van der Waals surface area contributed by atoms with E-state index in [0.717, 1.165) is 12.8 Å². The Morgan fingerprint density at radius 1 is 0.909 bits per heavy atom. The molecule has 5 nitrogen and oxygen atoms in total. The first-order chi connectivity index (χ1) is 15.3. The second-order valence-electron chi connectivity index (χ2n) is 8.80. The maximum Gasteiger partial charge on any atom is 0.416 e. The van der Waals surface area contributed by atoms with Crippen molar-refractivity contribution in [2.24, 2.45) is 11.8 Å². The molecule has 1 aromatic rings. The molecule has 0 aromatic heterocycles. The summed E-state index contributed by atoms with van der Waals surface area (Å²) in [5.74, 6) is -0.656. The molecule has 0 aliphatic heterocycles. The fraction of sp³-hybridized carbons (Fsp3) is 0.636. The van der Waals surface area contributed by atoms with Gasteiger partial charge in [-0.25, -0.2) is 0 Å². The van der Waals surface area contributed by atoms with Crippen LogP contribution in [-0.2, 0) is 17.1 Å². The van der Waals surface area contributed by atoms with Gasteiger partial charge in [0.05, 0.1) is 17.7 Å². The Bertz CT molecular complexity index is 783. The van der Waals surface area contributed by atoms with Crippen LogP contribution >= 0.6 is 0 Å². The van der Waals surface area contributed by atoms with Gasteiger partial charge in [-0.05, 0) is 55.7 Å². The van der Waals surface area contributed by atoms with Gasteiger partial charge in [0, 0.05) is 24.7 Å². The van der Waals surface area contributed by atoms with Crippen LogP contribution in [0, 0.1) is 11.8 Å². The predicted molar refractivity (Wildman–Crippen MR) is 110 cm³/mol. The first-order valence-corrected chi connectivity index (χ1v) is 10.8. The van der Waals surface area contributed by atoms with Crippen molar-refractivity contribution in [3.63, 3.8) is 0 Å². The largest absolute Gasteiger partial charge is 0.416 e. The third kappa shape index (κ3) is 8.87. The Kier molecular flexibility index (Phi) is 9.16. The highest BCUT2D eigenvalue weighted by atomic mass is 19.4. The monoisotopic (exact) mass is 481 g/mol. The number of hydrogen-bond donors (Lipinski definition) is 3. The lowest BCUT2D eigenvalue weighted by molar-refractivity contribution is -0.143. The molecule has 3 N–H and O–H groups in total. The molecule has 0 bridgehead atoms. The van der Waals surface area contributed by atoms with Crippen molar-refractivity contribution in [3.05, 3.63) is 34.9 Å². The molecule has 0 atom stereocenters. The van der Waals surface area contributed by atoms with Crippen molar-refractivity contribution in [2.45, 2.75) is 57.9 Å². The highest BCUT2D eigenvalue weighted by Crippen LogP contribution is 2.36. The van der Waals surface area contributed by atoms with Gasteiger partial charge in [-0.1, -0.05) is 13.8 Å². The smallest absolute Gasteiger partial charge is 0.355 e. The quantitative estimate of drug-likeness (QED) is 0.483. The number of carbonyl (C=O) groups excluding carboxylic acids is 2.